The molecule has 4 heteroatoms. The number of carboxylic acids is 1. The molecule has 1 rings (SSSR count). The van der Waals surface area contributed by atoms with Crippen molar-refractivity contribution in [2.75, 3.05) is 0 Å². The molecular formula is C20H30O4. The van der Waals surface area contributed by atoms with E-state index in [4.69, 9.17) is 9.84 Å². The van der Waals surface area contributed by atoms with Crippen LogP contribution in [-0.2, 0) is 9.53 Å². The largest absolute Gasteiger partial charge is 0.481 e. The monoisotopic (exact) mass is 334 g/mol. The van der Waals surface area contributed by atoms with E-state index in [2.05, 4.69) is 6.92 Å². The van der Waals surface area contributed by atoms with Crippen molar-refractivity contribution in [3.63, 3.8) is 0 Å². The van der Waals surface area contributed by atoms with Crippen LogP contribution in [0, 0.1) is 0 Å². The Morgan fingerprint density at radius 2 is 1.79 bits per heavy atom. The minimum absolute atomic E-state index is 0.130. The Hall–Kier alpha value is -1.65. The van der Waals surface area contributed by atoms with Gasteiger partial charge in [0.15, 0.2) is 0 Å². The number of hydrogen-bond acceptors (Lipinski definition) is 3. The van der Waals surface area contributed by atoms with Gasteiger partial charge in [0.1, 0.15) is 6.10 Å². The molecular weight excluding hydrogens is 304 g/mol. The quantitative estimate of drug-likeness (QED) is 0.301. The lowest BCUT2D eigenvalue weighted by atomic mass is 10.1. The molecule has 3 atom stereocenters. The number of epoxide rings is 1. The van der Waals surface area contributed by atoms with Crippen molar-refractivity contribution in [1.82, 2.24) is 0 Å². The molecule has 4 nitrogen and oxygen atoms in total. The van der Waals surface area contributed by atoms with Crippen LogP contribution in [0.1, 0.15) is 51.9 Å². The molecule has 0 unspecified atom stereocenters. The Morgan fingerprint density at radius 3 is 2.50 bits per heavy atom. The van der Waals surface area contributed by atoms with Crippen LogP contribution in [-0.4, -0.2) is 34.5 Å². The highest BCUT2D eigenvalue weighted by atomic mass is 16.6. The third-order valence-electron chi connectivity index (χ3n) is 3.79. The first-order valence-electron chi connectivity index (χ1n) is 8.87. The van der Waals surface area contributed by atoms with E-state index >= 15 is 0 Å². The van der Waals surface area contributed by atoms with Crippen molar-refractivity contribution in [2.45, 2.75) is 70.2 Å². The Bertz CT molecular complexity index is 462. The van der Waals surface area contributed by atoms with Gasteiger partial charge in [-0.3, -0.25) is 4.79 Å². The van der Waals surface area contributed by atoms with E-state index in [0.29, 0.717) is 6.42 Å². The van der Waals surface area contributed by atoms with Gasteiger partial charge in [0.2, 0.25) is 0 Å². The fourth-order valence-corrected chi connectivity index (χ4v) is 2.33. The summed E-state index contributed by atoms with van der Waals surface area (Å²) in [6, 6.07) is 0. The highest BCUT2D eigenvalue weighted by Crippen LogP contribution is 2.28. The van der Waals surface area contributed by atoms with Gasteiger partial charge >= 0.3 is 5.97 Å². The summed E-state index contributed by atoms with van der Waals surface area (Å²) in [5.74, 6) is -0.750. The zero-order chi connectivity index (χ0) is 17.6. The highest BCUT2D eigenvalue weighted by Gasteiger charge is 2.35. The summed E-state index contributed by atoms with van der Waals surface area (Å²) < 4.78 is 5.44. The van der Waals surface area contributed by atoms with Crippen LogP contribution in [0.4, 0.5) is 0 Å². The van der Waals surface area contributed by atoms with E-state index in [1.165, 1.54) is 12.8 Å². The molecule has 0 aliphatic carbocycles. The predicted molar refractivity (Wildman–Crippen MR) is 96.9 cm³/mol. The first-order chi connectivity index (χ1) is 11.6. The summed E-state index contributed by atoms with van der Waals surface area (Å²) in [7, 11) is 0. The Balaban J connectivity index is 2.07. The number of allylic oxidation sites excluding steroid dienone is 6. The van der Waals surface area contributed by atoms with Crippen LogP contribution in [0.15, 0.2) is 48.6 Å². The molecule has 0 bridgehead atoms. The number of aliphatic hydroxyl groups is 1. The van der Waals surface area contributed by atoms with E-state index in [1.807, 2.05) is 48.6 Å². The van der Waals surface area contributed by atoms with Crippen molar-refractivity contribution >= 4 is 5.97 Å². The van der Waals surface area contributed by atoms with Crippen molar-refractivity contribution in [1.29, 1.82) is 0 Å². The van der Waals surface area contributed by atoms with E-state index in [1.54, 1.807) is 0 Å². The molecule has 0 radical (unpaired) electrons. The van der Waals surface area contributed by atoms with Crippen molar-refractivity contribution in [3.8, 4) is 0 Å². The van der Waals surface area contributed by atoms with Gasteiger partial charge in [-0.05, 0) is 19.3 Å². The molecule has 1 saturated heterocycles. The van der Waals surface area contributed by atoms with Gasteiger partial charge in [-0.25, -0.2) is 0 Å². The lowest BCUT2D eigenvalue weighted by molar-refractivity contribution is -0.137. The van der Waals surface area contributed by atoms with Crippen LogP contribution >= 0.6 is 0 Å². The fourth-order valence-electron chi connectivity index (χ4n) is 2.33. The molecule has 1 heterocycles. The van der Waals surface area contributed by atoms with E-state index in [-0.39, 0.29) is 24.7 Å². The molecule has 0 saturated carbocycles. The topological polar surface area (TPSA) is 70.1 Å². The van der Waals surface area contributed by atoms with Crippen molar-refractivity contribution in [3.05, 3.63) is 48.6 Å². The number of rotatable bonds is 13. The second-order valence-corrected chi connectivity index (χ2v) is 6.03. The van der Waals surface area contributed by atoms with Crippen LogP contribution in [0.2, 0.25) is 0 Å². The zero-order valence-corrected chi connectivity index (χ0v) is 14.5. The number of aliphatic hydroxyl groups excluding tert-OH is 1. The second kappa shape index (κ2) is 12.7. The standard InChI is InChI=1S/C20H30O4/c1-2-3-8-12-17(21)13-9-6-4-5-7-10-14-18-19(24-18)15-11-16-20(22)23/h4-7,9-10,13-14,17-19,21H,2-3,8,11-12,15-16H2,1H3,(H,22,23)/b6-4-,7-5+,13-9+,14-10+/t17-,18-,19+/m0/s1. The molecule has 0 aromatic carbocycles. The summed E-state index contributed by atoms with van der Waals surface area (Å²) >= 11 is 0. The van der Waals surface area contributed by atoms with Gasteiger partial charge in [0.05, 0.1) is 12.2 Å². The third-order valence-corrected chi connectivity index (χ3v) is 3.79. The number of unbranched alkanes of at least 4 members (excludes halogenated alkanes) is 2. The fraction of sp³-hybridized carbons (Fsp3) is 0.550. The first kappa shape index (κ1) is 20.4. The molecule has 24 heavy (non-hydrogen) atoms. The number of carboxylic acid groups (broad SMARTS) is 1. The average Bonchev–Trinajstić information content (AvgIpc) is 3.28. The Kier molecular flexibility index (Phi) is 10.8. The lowest BCUT2D eigenvalue weighted by Gasteiger charge is -2.02. The zero-order valence-electron chi connectivity index (χ0n) is 14.5. The summed E-state index contributed by atoms with van der Waals surface area (Å²) in [4.78, 5) is 10.4. The second-order valence-electron chi connectivity index (χ2n) is 6.03. The van der Waals surface area contributed by atoms with Crippen LogP contribution in [0.3, 0.4) is 0 Å². The molecule has 0 spiro atoms. The molecule has 1 aliphatic rings. The number of hydrogen-bond donors (Lipinski definition) is 2. The van der Waals surface area contributed by atoms with E-state index < -0.39 is 5.97 Å². The van der Waals surface area contributed by atoms with Gasteiger partial charge in [0.25, 0.3) is 0 Å². The van der Waals surface area contributed by atoms with Crippen LogP contribution in [0.25, 0.3) is 0 Å². The first-order valence-corrected chi connectivity index (χ1v) is 8.87. The van der Waals surface area contributed by atoms with Gasteiger partial charge in [-0.1, -0.05) is 74.8 Å². The van der Waals surface area contributed by atoms with Gasteiger partial charge in [-0.15, -0.1) is 0 Å². The summed E-state index contributed by atoms with van der Waals surface area (Å²) in [5, 5.41) is 18.3. The number of carbonyl (C=O) groups is 1. The lowest BCUT2D eigenvalue weighted by Crippen LogP contribution is -2.00. The number of ether oxygens (including phenoxy) is 1. The maximum Gasteiger partial charge on any atom is 0.303 e. The SMILES string of the molecule is CCCCC[C@H](O)/C=C/C=C\C=C\C=C\[C@@H]1O[C@@H]1CCCC(=O)O. The molecule has 0 aromatic heterocycles. The maximum atomic E-state index is 10.4. The van der Waals surface area contributed by atoms with E-state index in [0.717, 1.165) is 19.3 Å². The summed E-state index contributed by atoms with van der Waals surface area (Å²) in [5.41, 5.74) is 0. The predicted octanol–water partition coefficient (Wildman–Crippen LogP) is 4.17. The van der Waals surface area contributed by atoms with Crippen molar-refractivity contribution < 1.29 is 19.7 Å². The Morgan fingerprint density at radius 1 is 1.08 bits per heavy atom. The molecule has 2 N–H and O–H groups in total. The van der Waals surface area contributed by atoms with Gasteiger partial charge < -0.3 is 14.9 Å². The van der Waals surface area contributed by atoms with Gasteiger partial charge in [-0.2, -0.15) is 0 Å². The smallest absolute Gasteiger partial charge is 0.303 e. The summed E-state index contributed by atoms with van der Waals surface area (Å²) in [6.45, 7) is 2.15. The number of aliphatic carboxylic acids is 1. The van der Waals surface area contributed by atoms with Crippen molar-refractivity contribution in [2.24, 2.45) is 0 Å². The molecule has 1 fully saturated rings. The van der Waals surface area contributed by atoms with Crippen LogP contribution < -0.4 is 0 Å². The molecule has 134 valence electrons. The summed E-state index contributed by atoms with van der Waals surface area (Å²) in [6.07, 6.45) is 21.1. The highest BCUT2D eigenvalue weighted by molar-refractivity contribution is 5.66. The molecule has 0 amide bonds. The maximum absolute atomic E-state index is 10.4. The third kappa shape index (κ3) is 11.0. The normalized spacial score (nSPS) is 22.2. The molecule has 1 aliphatic heterocycles. The molecule has 0 aromatic rings. The van der Waals surface area contributed by atoms with Gasteiger partial charge in [0, 0.05) is 6.42 Å². The minimum Gasteiger partial charge on any atom is -0.481 e. The van der Waals surface area contributed by atoms with Crippen LogP contribution in [0.5, 0.6) is 0 Å². The van der Waals surface area contributed by atoms with E-state index in [9.17, 15) is 9.90 Å². The average molecular weight is 334 g/mol. The Labute approximate surface area is 145 Å². The minimum atomic E-state index is -0.750.